The SMILES string of the molecule is O=S(=O)(NCC1COCCN1)c1cnc[nH]1. The number of nitrogens with one attached hydrogen (secondary N) is 3. The fourth-order valence-electron chi connectivity index (χ4n) is 1.43. The van der Waals surface area contributed by atoms with Crippen molar-refractivity contribution in [2.75, 3.05) is 26.3 Å². The van der Waals surface area contributed by atoms with Gasteiger partial charge in [0.25, 0.3) is 10.0 Å². The summed E-state index contributed by atoms with van der Waals surface area (Å²) in [6.07, 6.45) is 2.60. The molecular formula is C8H14N4O3S. The summed E-state index contributed by atoms with van der Waals surface area (Å²) in [5, 5.41) is 3.23. The van der Waals surface area contributed by atoms with E-state index in [0.29, 0.717) is 19.8 Å². The number of H-pyrrole nitrogens is 1. The minimum Gasteiger partial charge on any atom is -0.378 e. The van der Waals surface area contributed by atoms with E-state index in [9.17, 15) is 8.42 Å². The molecule has 0 saturated carbocycles. The van der Waals surface area contributed by atoms with Crippen molar-refractivity contribution >= 4 is 10.0 Å². The predicted octanol–water partition coefficient (Wildman–Crippen LogP) is -1.32. The Morgan fingerprint density at radius 1 is 1.62 bits per heavy atom. The van der Waals surface area contributed by atoms with Crippen molar-refractivity contribution < 1.29 is 13.2 Å². The van der Waals surface area contributed by atoms with Gasteiger partial charge in [0.05, 0.1) is 25.7 Å². The van der Waals surface area contributed by atoms with Gasteiger partial charge in [-0.3, -0.25) is 0 Å². The van der Waals surface area contributed by atoms with Crippen molar-refractivity contribution in [2.24, 2.45) is 0 Å². The lowest BCUT2D eigenvalue weighted by atomic mass is 10.3. The zero-order valence-corrected chi connectivity index (χ0v) is 9.46. The maximum absolute atomic E-state index is 11.7. The first-order valence-corrected chi connectivity index (χ1v) is 6.46. The highest BCUT2D eigenvalue weighted by molar-refractivity contribution is 7.89. The van der Waals surface area contributed by atoms with Gasteiger partial charge in [-0.05, 0) is 0 Å². The van der Waals surface area contributed by atoms with Crippen LogP contribution >= 0.6 is 0 Å². The third-order valence-electron chi connectivity index (χ3n) is 2.28. The van der Waals surface area contributed by atoms with E-state index in [-0.39, 0.29) is 11.1 Å². The molecule has 8 heteroatoms. The van der Waals surface area contributed by atoms with E-state index in [2.05, 4.69) is 20.0 Å². The molecule has 0 aliphatic carbocycles. The number of nitrogens with zero attached hydrogens (tertiary/aromatic N) is 1. The van der Waals surface area contributed by atoms with Crippen LogP contribution in [-0.4, -0.2) is 50.7 Å². The van der Waals surface area contributed by atoms with Gasteiger partial charge < -0.3 is 15.0 Å². The van der Waals surface area contributed by atoms with E-state index in [1.165, 1.54) is 12.5 Å². The second kappa shape index (κ2) is 4.91. The Hall–Kier alpha value is -0.960. The molecule has 0 radical (unpaired) electrons. The van der Waals surface area contributed by atoms with Gasteiger partial charge in [0.15, 0.2) is 5.03 Å². The summed E-state index contributed by atoms with van der Waals surface area (Å²) in [6, 6.07) is 0.0199. The van der Waals surface area contributed by atoms with E-state index in [1.54, 1.807) is 0 Å². The number of aromatic nitrogens is 2. The molecule has 1 saturated heterocycles. The summed E-state index contributed by atoms with van der Waals surface area (Å²) < 4.78 is 31.1. The molecule has 2 rings (SSSR count). The van der Waals surface area contributed by atoms with Gasteiger partial charge in [0, 0.05) is 19.1 Å². The van der Waals surface area contributed by atoms with Crippen LogP contribution in [0.4, 0.5) is 0 Å². The van der Waals surface area contributed by atoms with Crippen molar-refractivity contribution in [3.05, 3.63) is 12.5 Å². The van der Waals surface area contributed by atoms with Gasteiger partial charge in [0.1, 0.15) is 0 Å². The zero-order chi connectivity index (χ0) is 11.4. The molecule has 0 bridgehead atoms. The highest BCUT2D eigenvalue weighted by Crippen LogP contribution is 2.02. The average molecular weight is 246 g/mol. The van der Waals surface area contributed by atoms with Crippen molar-refractivity contribution in [3.8, 4) is 0 Å². The van der Waals surface area contributed by atoms with Crippen LogP contribution in [-0.2, 0) is 14.8 Å². The molecule has 16 heavy (non-hydrogen) atoms. The molecule has 0 spiro atoms. The van der Waals surface area contributed by atoms with Gasteiger partial charge in [-0.15, -0.1) is 0 Å². The number of hydrogen-bond donors (Lipinski definition) is 3. The minimum absolute atomic E-state index is 0.0199. The van der Waals surface area contributed by atoms with Gasteiger partial charge in [0.2, 0.25) is 0 Å². The fourth-order valence-corrected chi connectivity index (χ4v) is 2.41. The first-order chi connectivity index (χ1) is 7.68. The Bertz CT molecular complexity index is 411. The van der Waals surface area contributed by atoms with E-state index < -0.39 is 10.0 Å². The highest BCUT2D eigenvalue weighted by Gasteiger charge is 2.19. The van der Waals surface area contributed by atoms with Crippen LogP contribution in [0.1, 0.15) is 0 Å². The van der Waals surface area contributed by atoms with Crippen LogP contribution < -0.4 is 10.0 Å². The standard InChI is InChI=1S/C8H14N4O3S/c13-16(14,8-4-9-6-11-8)12-3-7-5-15-2-1-10-7/h4,6-7,10,12H,1-3,5H2,(H,9,11). The van der Waals surface area contributed by atoms with Crippen LogP contribution in [0.25, 0.3) is 0 Å². The third kappa shape index (κ3) is 2.79. The summed E-state index contributed by atoms with van der Waals surface area (Å²) in [5.41, 5.74) is 0. The monoisotopic (exact) mass is 246 g/mol. The number of hydrogen-bond acceptors (Lipinski definition) is 5. The Kier molecular flexibility index (Phi) is 3.54. The molecular weight excluding hydrogens is 232 g/mol. The van der Waals surface area contributed by atoms with Gasteiger partial charge in [-0.1, -0.05) is 0 Å². The van der Waals surface area contributed by atoms with Crippen LogP contribution in [0.2, 0.25) is 0 Å². The minimum atomic E-state index is -3.48. The van der Waals surface area contributed by atoms with Gasteiger partial charge in [-0.25, -0.2) is 18.1 Å². The number of ether oxygens (including phenoxy) is 1. The number of morpholine rings is 1. The molecule has 7 nitrogen and oxygen atoms in total. The maximum atomic E-state index is 11.7. The van der Waals surface area contributed by atoms with Crippen LogP contribution in [0.3, 0.4) is 0 Å². The summed E-state index contributed by atoms with van der Waals surface area (Å²) in [6.45, 7) is 2.24. The smallest absolute Gasteiger partial charge is 0.257 e. The zero-order valence-electron chi connectivity index (χ0n) is 8.64. The lowest BCUT2D eigenvalue weighted by molar-refractivity contribution is 0.0784. The second-order valence-corrected chi connectivity index (χ2v) is 5.23. The number of rotatable bonds is 4. The first-order valence-electron chi connectivity index (χ1n) is 4.97. The Balaban J connectivity index is 1.89. The Morgan fingerprint density at radius 3 is 3.12 bits per heavy atom. The Labute approximate surface area is 93.7 Å². The molecule has 1 unspecified atom stereocenters. The van der Waals surface area contributed by atoms with Crippen LogP contribution in [0.5, 0.6) is 0 Å². The van der Waals surface area contributed by atoms with E-state index in [4.69, 9.17) is 4.74 Å². The molecule has 0 amide bonds. The molecule has 0 aromatic carbocycles. The summed E-state index contributed by atoms with van der Waals surface area (Å²) in [4.78, 5) is 6.22. The second-order valence-electron chi connectivity index (χ2n) is 3.49. The van der Waals surface area contributed by atoms with E-state index >= 15 is 0 Å². The van der Waals surface area contributed by atoms with Gasteiger partial charge >= 0.3 is 0 Å². The molecule has 90 valence electrons. The van der Waals surface area contributed by atoms with Crippen molar-refractivity contribution in [1.82, 2.24) is 20.0 Å². The van der Waals surface area contributed by atoms with Crippen LogP contribution in [0, 0.1) is 0 Å². The van der Waals surface area contributed by atoms with Crippen molar-refractivity contribution in [2.45, 2.75) is 11.1 Å². The summed E-state index contributed by atoms with van der Waals surface area (Å²) in [7, 11) is -3.48. The quantitative estimate of drug-likeness (QED) is 0.612. The molecule has 1 aliphatic rings. The van der Waals surface area contributed by atoms with Crippen molar-refractivity contribution in [3.63, 3.8) is 0 Å². The topological polar surface area (TPSA) is 96.1 Å². The summed E-state index contributed by atoms with van der Waals surface area (Å²) in [5.74, 6) is 0. The normalized spacial score (nSPS) is 22.1. The van der Waals surface area contributed by atoms with Crippen LogP contribution in [0.15, 0.2) is 17.6 Å². The molecule has 1 aromatic heterocycles. The molecule has 1 aliphatic heterocycles. The maximum Gasteiger partial charge on any atom is 0.257 e. The van der Waals surface area contributed by atoms with Gasteiger partial charge in [-0.2, -0.15) is 0 Å². The van der Waals surface area contributed by atoms with E-state index in [1.807, 2.05) is 0 Å². The molecule has 3 N–H and O–H groups in total. The lowest BCUT2D eigenvalue weighted by Gasteiger charge is -2.23. The number of aromatic amines is 1. The highest BCUT2D eigenvalue weighted by atomic mass is 32.2. The third-order valence-corrected chi connectivity index (χ3v) is 3.63. The summed E-state index contributed by atoms with van der Waals surface area (Å²) >= 11 is 0. The average Bonchev–Trinajstić information content (AvgIpc) is 2.82. The number of imidazole rings is 1. The molecule has 1 atom stereocenters. The number of sulfonamides is 1. The fraction of sp³-hybridized carbons (Fsp3) is 0.625. The largest absolute Gasteiger partial charge is 0.378 e. The predicted molar refractivity (Wildman–Crippen MR) is 56.4 cm³/mol. The molecule has 2 heterocycles. The lowest BCUT2D eigenvalue weighted by Crippen LogP contribution is -2.48. The van der Waals surface area contributed by atoms with E-state index in [0.717, 1.165) is 6.54 Å². The van der Waals surface area contributed by atoms with Crippen molar-refractivity contribution in [1.29, 1.82) is 0 Å². The molecule has 1 fully saturated rings. The first kappa shape index (κ1) is 11.5. The molecule has 1 aromatic rings. The Morgan fingerprint density at radius 2 is 2.50 bits per heavy atom.